The van der Waals surface area contributed by atoms with Gasteiger partial charge in [0.1, 0.15) is 30.5 Å². The van der Waals surface area contributed by atoms with Crippen LogP contribution in [0.3, 0.4) is 0 Å². The molecule has 1 saturated heterocycles. The van der Waals surface area contributed by atoms with Crippen molar-refractivity contribution >= 4 is 75.7 Å². The molecule has 2 unspecified atom stereocenters. The number of rotatable bonds is 41. The van der Waals surface area contributed by atoms with Crippen LogP contribution in [0.5, 0.6) is 0 Å². The standard InChI is InChI=1S/C61H87FN8O19S/c1-6-61(80)42-29-47-55-41(33-69(47)32-39(42)34-89-60(61)79)53-45(8-7-40-37(4)43(62)30-46(66-55)52(40)53)67-56(74)38(5)65-57(75)54(36(2)3)68-50(72)10-13-81-15-17-83-19-21-85-23-25-87-27-28-88-26-24-86-22-20-84-18-16-82-14-11-64-49(71)9-12-70-51(73)31-48(58(70)76)90-35-44(63)59(77)78/h29-30,36,38,44-45,48,54,80H,6-28,31-35,63H2,1-5H3,(H,64,71)(H,65,75)(H,67,74)(H,68,72)(H,77,78)/t38-,44?,45-,48?,54-,61-/m0/s1. The highest BCUT2D eigenvalue weighted by molar-refractivity contribution is 8.00. The third-order valence-electron chi connectivity index (χ3n) is 16.0. The molecule has 27 nitrogen and oxygen atoms in total. The van der Waals surface area contributed by atoms with Gasteiger partial charge in [-0.05, 0) is 67.4 Å². The van der Waals surface area contributed by atoms with Crippen LogP contribution in [0, 0.1) is 18.7 Å². The lowest BCUT2D eigenvalue weighted by Crippen LogP contribution is -2.55. The molecule has 6 atom stereocenters. The summed E-state index contributed by atoms with van der Waals surface area (Å²) < 4.78 is 65.0. The molecule has 4 aliphatic heterocycles. The van der Waals surface area contributed by atoms with Gasteiger partial charge in [0, 0.05) is 73.8 Å². The molecule has 1 aromatic carbocycles. The Morgan fingerprint density at radius 2 is 1.40 bits per heavy atom. The lowest BCUT2D eigenvalue weighted by atomic mass is 9.81. The molecule has 0 bridgehead atoms. The van der Waals surface area contributed by atoms with Gasteiger partial charge in [0.05, 0.1) is 134 Å². The minimum absolute atomic E-state index is 0.00349. The van der Waals surface area contributed by atoms with Crippen molar-refractivity contribution in [1.82, 2.24) is 36.1 Å². The number of pyridine rings is 1. The predicted octanol–water partition coefficient (Wildman–Crippen LogP) is 0.898. The Labute approximate surface area is 526 Å². The maximum Gasteiger partial charge on any atom is 0.343 e. The number of hydrogen-bond acceptors (Lipinski definition) is 22. The first-order valence-electron chi connectivity index (χ1n) is 30.7. The zero-order chi connectivity index (χ0) is 64.9. The number of carbonyl (C=O) groups is 8. The summed E-state index contributed by atoms with van der Waals surface area (Å²) >= 11 is 1.02. The minimum Gasteiger partial charge on any atom is -0.480 e. The molecule has 8 N–H and O–H groups in total. The van der Waals surface area contributed by atoms with Crippen LogP contribution in [-0.4, -0.2) is 239 Å². The fourth-order valence-electron chi connectivity index (χ4n) is 10.9. The number of aliphatic hydroxyl groups is 1. The molecule has 0 saturated carbocycles. The van der Waals surface area contributed by atoms with Gasteiger partial charge in [0.25, 0.3) is 0 Å². The quantitative estimate of drug-likeness (QED) is 0.0276. The molecule has 7 rings (SSSR count). The molecule has 1 aliphatic carbocycles. The van der Waals surface area contributed by atoms with E-state index in [1.54, 1.807) is 40.7 Å². The van der Waals surface area contributed by atoms with E-state index in [9.17, 15) is 43.5 Å². The maximum absolute atomic E-state index is 15.4. The van der Waals surface area contributed by atoms with Gasteiger partial charge in [-0.15, -0.1) is 11.8 Å². The maximum atomic E-state index is 15.4. The van der Waals surface area contributed by atoms with Crippen LogP contribution in [0.1, 0.15) is 93.8 Å². The first-order chi connectivity index (χ1) is 43.2. The number of nitrogens with one attached hydrogen (secondary N) is 4. The second kappa shape index (κ2) is 35.0. The first-order valence-corrected chi connectivity index (χ1v) is 31.7. The number of carboxylic acids is 1. The average Bonchev–Trinajstić information content (AvgIpc) is 1.44. The number of nitrogens with two attached hydrogens (primary N) is 1. The monoisotopic (exact) mass is 1290 g/mol. The summed E-state index contributed by atoms with van der Waals surface area (Å²) in [5.41, 5.74) is 9.69. The molecule has 2 aromatic rings. The van der Waals surface area contributed by atoms with E-state index < -0.39 is 76.5 Å². The Bertz CT molecular complexity index is 2950. The van der Waals surface area contributed by atoms with Gasteiger partial charge in [0.15, 0.2) is 5.60 Å². The van der Waals surface area contributed by atoms with Crippen LogP contribution < -0.4 is 27.0 Å². The summed E-state index contributed by atoms with van der Waals surface area (Å²) in [4.78, 5) is 109. The number of halogens is 1. The minimum atomic E-state index is -1.80. The molecule has 1 aromatic heterocycles. The molecule has 5 heterocycles. The highest BCUT2D eigenvalue weighted by atomic mass is 32.2. The summed E-state index contributed by atoms with van der Waals surface area (Å²) in [7, 11) is 0. The van der Waals surface area contributed by atoms with Crippen molar-refractivity contribution < 1.29 is 95.6 Å². The lowest BCUT2D eigenvalue weighted by Gasteiger charge is -2.37. The zero-order valence-electron chi connectivity index (χ0n) is 52.0. The number of carboxylic acid groups (broad SMARTS) is 1. The van der Waals surface area contributed by atoms with Crippen molar-refractivity contribution in [3.63, 3.8) is 0 Å². The number of aliphatic carboxylic acids is 1. The Morgan fingerprint density at radius 3 is 1.98 bits per heavy atom. The van der Waals surface area contributed by atoms with Crippen LogP contribution in [0.2, 0.25) is 0 Å². The Morgan fingerprint density at radius 1 is 0.811 bits per heavy atom. The van der Waals surface area contributed by atoms with Gasteiger partial charge in [-0.3, -0.25) is 38.5 Å². The summed E-state index contributed by atoms with van der Waals surface area (Å²) in [6.07, 6.45) is 2.73. The number of carbonyl (C=O) groups excluding carboxylic acids is 7. The second-order valence-electron chi connectivity index (χ2n) is 22.6. The van der Waals surface area contributed by atoms with Gasteiger partial charge in [-0.25, -0.2) is 14.2 Å². The molecule has 1 fully saturated rings. The van der Waals surface area contributed by atoms with E-state index in [4.69, 9.17) is 58.5 Å². The molecule has 498 valence electrons. The van der Waals surface area contributed by atoms with Crippen molar-refractivity contribution in [2.75, 3.05) is 138 Å². The number of nitrogens with zero attached hydrogens (tertiary/aromatic N) is 3. The number of likely N-dealkylation sites (tertiary alicyclic amines) is 1. The number of aryl methyl sites for hydroxylation is 1. The molecule has 0 spiro atoms. The van der Waals surface area contributed by atoms with E-state index in [0.717, 1.165) is 44.3 Å². The fraction of sp³-hybridized carbons (Fsp3) is 0.656. The van der Waals surface area contributed by atoms with Gasteiger partial charge in [0.2, 0.25) is 35.4 Å². The third kappa shape index (κ3) is 19.2. The summed E-state index contributed by atoms with van der Waals surface area (Å²) in [5.74, 6) is -5.14. The number of benzene rings is 1. The van der Waals surface area contributed by atoms with Crippen molar-refractivity contribution in [3.05, 3.63) is 57.1 Å². The van der Waals surface area contributed by atoms with E-state index in [-0.39, 0.29) is 95.2 Å². The van der Waals surface area contributed by atoms with Gasteiger partial charge in [-0.1, -0.05) is 20.8 Å². The Kier molecular flexibility index (Phi) is 27.7. The third-order valence-corrected chi connectivity index (χ3v) is 17.3. The number of amides is 6. The molecule has 29 heteroatoms. The topological polar surface area (TPSA) is 354 Å². The Hall–Kier alpha value is -6.25. The van der Waals surface area contributed by atoms with E-state index in [1.165, 1.54) is 6.07 Å². The van der Waals surface area contributed by atoms with Crippen molar-refractivity contribution in [2.45, 2.75) is 115 Å². The molecular weight excluding hydrogens is 1200 g/mol. The van der Waals surface area contributed by atoms with Crippen LogP contribution in [-0.2, 0) is 94.0 Å². The van der Waals surface area contributed by atoms with Crippen molar-refractivity contribution in [1.29, 1.82) is 0 Å². The van der Waals surface area contributed by atoms with Gasteiger partial charge >= 0.3 is 11.9 Å². The fourth-order valence-corrected chi connectivity index (χ4v) is 12.1. The lowest BCUT2D eigenvalue weighted by molar-refractivity contribution is -0.163. The smallest absolute Gasteiger partial charge is 0.343 e. The number of fused-ring (bicyclic) bond motifs is 4. The Balaban J connectivity index is 0.662. The van der Waals surface area contributed by atoms with E-state index >= 15 is 4.39 Å². The molecule has 0 radical (unpaired) electrons. The van der Waals surface area contributed by atoms with Crippen molar-refractivity contribution in [2.24, 2.45) is 11.7 Å². The number of ether oxygens (including phenoxy) is 9. The first kappa shape index (κ1) is 71.2. The highest BCUT2D eigenvalue weighted by Gasteiger charge is 2.48. The molecular formula is C61H87FN8O19S. The SMILES string of the molecule is CC[C@@]1(O)C(=O)OCC2=C1C=C1c3nc4cc(F)c(C)c5c4c(c3CN1C2)[C@@H](NC(=O)[C@H](C)NC(=O)[C@@H](NC(=O)CCOCCOCCOCCOCCOCCOCCOCCOCCNC(=O)CCN1C(=O)CC(SCC(N)C(=O)O)C1=O)C(C)C)CC5. The molecule has 90 heavy (non-hydrogen) atoms. The highest BCUT2D eigenvalue weighted by Crippen LogP contribution is 2.48. The van der Waals surface area contributed by atoms with Crippen LogP contribution in [0.25, 0.3) is 16.6 Å². The van der Waals surface area contributed by atoms with Crippen LogP contribution in [0.15, 0.2) is 23.3 Å². The summed E-state index contributed by atoms with van der Waals surface area (Å²) in [6.45, 7) is 14.9. The summed E-state index contributed by atoms with van der Waals surface area (Å²) in [6, 6.07) is -2.15. The zero-order valence-corrected chi connectivity index (χ0v) is 52.8. The number of thioether (sulfide) groups is 1. The predicted molar refractivity (Wildman–Crippen MR) is 324 cm³/mol. The normalized spacial score (nSPS) is 19.5. The van der Waals surface area contributed by atoms with Crippen molar-refractivity contribution in [3.8, 4) is 0 Å². The van der Waals surface area contributed by atoms with E-state index in [0.29, 0.717) is 133 Å². The number of hydrogen-bond donors (Lipinski definition) is 7. The second-order valence-corrected chi connectivity index (χ2v) is 23.9. The molecule has 5 aliphatic rings. The number of esters is 1. The number of aromatic nitrogens is 1. The van der Waals surface area contributed by atoms with Crippen LogP contribution >= 0.6 is 11.8 Å². The number of imide groups is 1. The van der Waals surface area contributed by atoms with Gasteiger partial charge in [-0.2, -0.15) is 0 Å². The average molecular weight is 1290 g/mol. The van der Waals surface area contributed by atoms with E-state index in [1.807, 2.05) is 0 Å². The molecule has 6 amide bonds. The van der Waals surface area contributed by atoms with Crippen LogP contribution in [0.4, 0.5) is 4.39 Å². The van der Waals surface area contributed by atoms with Gasteiger partial charge < -0.3 is 84.7 Å². The van der Waals surface area contributed by atoms with E-state index in [2.05, 4.69) is 26.2 Å². The largest absolute Gasteiger partial charge is 0.480 e. The number of cyclic esters (lactones) is 1. The summed E-state index contributed by atoms with van der Waals surface area (Å²) in [5, 5.41) is 31.8.